The lowest BCUT2D eigenvalue weighted by Gasteiger charge is -2.11. The predicted molar refractivity (Wildman–Crippen MR) is 110 cm³/mol. The number of carbonyl (C=O) groups excluding carboxylic acids is 2. The molecular formula is C21H23N5O3. The molecular weight excluding hydrogens is 370 g/mol. The van der Waals surface area contributed by atoms with Gasteiger partial charge in [0, 0.05) is 20.3 Å². The average Bonchev–Trinajstić information content (AvgIpc) is 3.06. The molecule has 2 aromatic heterocycles. The van der Waals surface area contributed by atoms with Crippen LogP contribution < -0.4 is 10.2 Å². The van der Waals surface area contributed by atoms with Crippen LogP contribution in [0.15, 0.2) is 53.8 Å². The van der Waals surface area contributed by atoms with Crippen molar-refractivity contribution in [3.05, 3.63) is 65.6 Å². The molecule has 0 fully saturated rings. The van der Waals surface area contributed by atoms with E-state index in [4.69, 9.17) is 4.74 Å². The third kappa shape index (κ3) is 4.60. The molecule has 0 atom stereocenters. The largest absolute Gasteiger partial charge is 0.484 e. The Kier molecular flexibility index (Phi) is 5.92. The molecule has 8 nitrogen and oxygen atoms in total. The summed E-state index contributed by atoms with van der Waals surface area (Å²) in [6.45, 7) is 3.57. The molecule has 0 bridgehead atoms. The number of nitrogens with one attached hydrogen (secondary N) is 1. The molecule has 0 unspecified atom stereocenters. The SMILES string of the molecule is C/C(=N/NC(=O)c1c(C)nc2ccccn12)c1ccc(OCC(=O)N(C)C)cc1. The molecule has 150 valence electrons. The number of imidazole rings is 1. The van der Waals surface area contributed by atoms with Gasteiger partial charge in [0.25, 0.3) is 11.8 Å². The van der Waals surface area contributed by atoms with E-state index in [1.807, 2.05) is 30.3 Å². The van der Waals surface area contributed by atoms with Crippen molar-refractivity contribution < 1.29 is 14.3 Å². The minimum Gasteiger partial charge on any atom is -0.484 e. The van der Waals surface area contributed by atoms with E-state index in [2.05, 4.69) is 15.5 Å². The van der Waals surface area contributed by atoms with Crippen molar-refractivity contribution in [1.82, 2.24) is 19.7 Å². The number of aryl methyl sites for hydroxylation is 1. The summed E-state index contributed by atoms with van der Waals surface area (Å²) < 4.78 is 7.19. The van der Waals surface area contributed by atoms with Crippen molar-refractivity contribution in [2.24, 2.45) is 5.10 Å². The van der Waals surface area contributed by atoms with Gasteiger partial charge in [-0.2, -0.15) is 5.10 Å². The maximum Gasteiger partial charge on any atom is 0.290 e. The lowest BCUT2D eigenvalue weighted by atomic mass is 10.1. The number of nitrogens with zero attached hydrogens (tertiary/aromatic N) is 4. The van der Waals surface area contributed by atoms with Crippen LogP contribution in [0, 0.1) is 6.92 Å². The average molecular weight is 393 g/mol. The predicted octanol–water partition coefficient (Wildman–Crippen LogP) is 2.26. The number of rotatable bonds is 6. The highest BCUT2D eigenvalue weighted by Crippen LogP contribution is 2.14. The second-order valence-corrected chi connectivity index (χ2v) is 6.71. The number of likely N-dealkylation sites (N-methyl/N-ethyl adjacent to an activating group) is 1. The maximum absolute atomic E-state index is 12.6. The lowest BCUT2D eigenvalue weighted by molar-refractivity contribution is -0.130. The van der Waals surface area contributed by atoms with Crippen molar-refractivity contribution in [1.29, 1.82) is 0 Å². The zero-order valence-corrected chi connectivity index (χ0v) is 16.8. The quantitative estimate of drug-likeness (QED) is 0.514. The smallest absolute Gasteiger partial charge is 0.290 e. The second kappa shape index (κ2) is 8.55. The van der Waals surface area contributed by atoms with Crippen LogP contribution in [0.5, 0.6) is 5.75 Å². The number of fused-ring (bicyclic) bond motifs is 1. The fraction of sp³-hybridized carbons (Fsp3) is 0.238. The Bertz CT molecular complexity index is 1070. The van der Waals surface area contributed by atoms with Gasteiger partial charge in [-0.15, -0.1) is 0 Å². The lowest BCUT2D eigenvalue weighted by Crippen LogP contribution is -2.27. The summed E-state index contributed by atoms with van der Waals surface area (Å²) in [5.74, 6) is 0.141. The molecule has 0 aliphatic heterocycles. The number of carbonyl (C=O) groups is 2. The van der Waals surface area contributed by atoms with Crippen LogP contribution >= 0.6 is 0 Å². The summed E-state index contributed by atoms with van der Waals surface area (Å²) in [5, 5.41) is 4.20. The summed E-state index contributed by atoms with van der Waals surface area (Å²) in [7, 11) is 3.36. The molecule has 29 heavy (non-hydrogen) atoms. The topological polar surface area (TPSA) is 88.3 Å². The highest BCUT2D eigenvalue weighted by Gasteiger charge is 2.16. The van der Waals surface area contributed by atoms with Gasteiger partial charge in [-0.1, -0.05) is 6.07 Å². The van der Waals surface area contributed by atoms with Crippen LogP contribution in [0.4, 0.5) is 0 Å². The van der Waals surface area contributed by atoms with Gasteiger partial charge in [-0.05, 0) is 55.8 Å². The molecule has 0 spiro atoms. The van der Waals surface area contributed by atoms with E-state index in [0.29, 0.717) is 28.5 Å². The molecule has 0 saturated heterocycles. The number of aromatic nitrogens is 2. The third-order valence-corrected chi connectivity index (χ3v) is 4.38. The Balaban J connectivity index is 1.67. The van der Waals surface area contributed by atoms with E-state index in [1.165, 1.54) is 4.90 Å². The second-order valence-electron chi connectivity index (χ2n) is 6.71. The molecule has 0 radical (unpaired) electrons. The zero-order chi connectivity index (χ0) is 21.0. The van der Waals surface area contributed by atoms with Crippen LogP contribution in [-0.2, 0) is 4.79 Å². The Labute approximate surface area is 168 Å². The van der Waals surface area contributed by atoms with Crippen molar-refractivity contribution in [3.63, 3.8) is 0 Å². The number of amides is 2. The summed E-state index contributed by atoms with van der Waals surface area (Å²) >= 11 is 0. The summed E-state index contributed by atoms with van der Waals surface area (Å²) in [6, 6.07) is 12.7. The highest BCUT2D eigenvalue weighted by atomic mass is 16.5. The van der Waals surface area contributed by atoms with E-state index < -0.39 is 0 Å². The van der Waals surface area contributed by atoms with E-state index in [-0.39, 0.29) is 18.4 Å². The van der Waals surface area contributed by atoms with Crippen LogP contribution in [0.2, 0.25) is 0 Å². The Hall–Kier alpha value is -3.68. The van der Waals surface area contributed by atoms with Crippen LogP contribution in [0.1, 0.15) is 28.7 Å². The van der Waals surface area contributed by atoms with Gasteiger partial charge >= 0.3 is 0 Å². The summed E-state index contributed by atoms with van der Waals surface area (Å²) in [5.41, 5.74) is 5.85. The molecule has 3 aromatic rings. The first-order chi connectivity index (χ1) is 13.9. The fourth-order valence-electron chi connectivity index (χ4n) is 2.71. The van der Waals surface area contributed by atoms with Crippen molar-refractivity contribution >= 4 is 23.2 Å². The van der Waals surface area contributed by atoms with Crippen LogP contribution in [0.3, 0.4) is 0 Å². The normalized spacial score (nSPS) is 11.4. The molecule has 0 aliphatic carbocycles. The molecule has 0 saturated carbocycles. The van der Waals surface area contributed by atoms with Crippen molar-refractivity contribution in [2.45, 2.75) is 13.8 Å². The summed E-state index contributed by atoms with van der Waals surface area (Å²) in [6.07, 6.45) is 1.79. The third-order valence-electron chi connectivity index (χ3n) is 4.38. The number of ether oxygens (including phenoxy) is 1. The van der Waals surface area contributed by atoms with Gasteiger partial charge in [0.2, 0.25) is 0 Å². The minimum atomic E-state index is -0.331. The highest BCUT2D eigenvalue weighted by molar-refractivity contribution is 6.01. The molecule has 8 heteroatoms. The molecule has 3 rings (SSSR count). The van der Waals surface area contributed by atoms with Gasteiger partial charge in [0.15, 0.2) is 6.61 Å². The number of pyridine rings is 1. The number of hydrazone groups is 1. The molecule has 1 aromatic carbocycles. The maximum atomic E-state index is 12.6. The standard InChI is InChI=1S/C21H23N5O3/c1-14(16-8-10-17(11-9-16)29-13-19(27)25(3)4)23-24-21(28)20-15(2)22-18-7-5-6-12-26(18)20/h5-12H,13H2,1-4H3,(H,24,28)/b23-14-. The van der Waals surface area contributed by atoms with Gasteiger partial charge in [-0.25, -0.2) is 10.4 Å². The van der Waals surface area contributed by atoms with E-state index in [0.717, 1.165) is 5.56 Å². The minimum absolute atomic E-state index is 0.0197. The zero-order valence-electron chi connectivity index (χ0n) is 16.8. The van der Waals surface area contributed by atoms with Gasteiger partial charge in [-0.3, -0.25) is 14.0 Å². The van der Waals surface area contributed by atoms with Gasteiger partial charge in [0.1, 0.15) is 17.1 Å². The first-order valence-electron chi connectivity index (χ1n) is 9.08. The molecule has 0 aliphatic rings. The molecule has 2 heterocycles. The van der Waals surface area contributed by atoms with Crippen LogP contribution in [-0.4, -0.2) is 52.5 Å². The number of hydrogen-bond donors (Lipinski definition) is 1. The monoisotopic (exact) mass is 393 g/mol. The molecule has 2 amide bonds. The first-order valence-corrected chi connectivity index (χ1v) is 9.08. The van der Waals surface area contributed by atoms with Crippen molar-refractivity contribution in [2.75, 3.05) is 20.7 Å². The van der Waals surface area contributed by atoms with Crippen LogP contribution in [0.25, 0.3) is 5.65 Å². The Morgan fingerprint density at radius 2 is 1.90 bits per heavy atom. The van der Waals surface area contributed by atoms with E-state index in [9.17, 15) is 9.59 Å². The Morgan fingerprint density at radius 1 is 1.17 bits per heavy atom. The fourth-order valence-corrected chi connectivity index (χ4v) is 2.71. The van der Waals surface area contributed by atoms with E-state index in [1.54, 1.807) is 50.7 Å². The number of hydrogen-bond acceptors (Lipinski definition) is 5. The van der Waals surface area contributed by atoms with Gasteiger partial charge in [0.05, 0.1) is 11.4 Å². The summed E-state index contributed by atoms with van der Waals surface area (Å²) in [4.78, 5) is 30.0. The number of benzene rings is 1. The first kappa shape index (κ1) is 20.1. The molecule has 1 N–H and O–H groups in total. The van der Waals surface area contributed by atoms with Crippen molar-refractivity contribution in [3.8, 4) is 5.75 Å². The Morgan fingerprint density at radius 3 is 2.59 bits per heavy atom. The van der Waals surface area contributed by atoms with Gasteiger partial charge < -0.3 is 9.64 Å². The van der Waals surface area contributed by atoms with E-state index >= 15 is 0 Å².